The second-order valence-corrected chi connectivity index (χ2v) is 3.24. The molecule has 0 atom stereocenters. The van der Waals surface area contributed by atoms with Crippen LogP contribution in [0.15, 0.2) is 21.7 Å². The predicted molar refractivity (Wildman–Crippen MR) is 51.6 cm³/mol. The predicted octanol–water partition coefficient (Wildman–Crippen LogP) is 0.636. The highest BCUT2D eigenvalue weighted by molar-refractivity contribution is 6.29. The number of hydrogen-bond acceptors (Lipinski definition) is 5. The molecule has 2 aromatic heterocycles. The normalized spacial score (nSPS) is 10.5. The number of aromatic nitrogens is 4. The number of hydrogen-bond donors (Lipinski definition) is 0. The minimum absolute atomic E-state index is 0.0752. The van der Waals surface area contributed by atoms with Gasteiger partial charge in [0.1, 0.15) is 6.54 Å². The number of halogens is 1. The Kier molecular flexibility index (Phi) is 2.51. The Balaban J connectivity index is 2.32. The zero-order chi connectivity index (χ0) is 10.8. The molecule has 15 heavy (non-hydrogen) atoms. The summed E-state index contributed by atoms with van der Waals surface area (Å²) in [5.41, 5.74) is -0.380. The van der Waals surface area contributed by atoms with E-state index in [2.05, 4.69) is 15.1 Å². The van der Waals surface area contributed by atoms with Crippen LogP contribution >= 0.6 is 11.6 Å². The fourth-order valence-electron chi connectivity index (χ4n) is 1.10. The van der Waals surface area contributed by atoms with Crippen molar-refractivity contribution in [3.05, 3.63) is 39.6 Å². The molecule has 2 heterocycles. The maximum atomic E-state index is 11.5. The maximum absolute atomic E-state index is 11.5. The van der Waals surface area contributed by atoms with Crippen molar-refractivity contribution >= 4 is 11.6 Å². The Morgan fingerprint density at radius 2 is 2.40 bits per heavy atom. The summed E-state index contributed by atoms with van der Waals surface area (Å²) in [6.45, 7) is 1.90. The quantitative estimate of drug-likeness (QED) is 0.751. The van der Waals surface area contributed by atoms with E-state index < -0.39 is 0 Å². The van der Waals surface area contributed by atoms with Gasteiger partial charge < -0.3 is 9.09 Å². The Labute approximate surface area is 89.5 Å². The van der Waals surface area contributed by atoms with Gasteiger partial charge in [0.25, 0.3) is 5.56 Å². The van der Waals surface area contributed by atoms with Crippen LogP contribution < -0.4 is 5.56 Å². The zero-order valence-electron chi connectivity index (χ0n) is 7.85. The molecule has 6 nitrogen and oxygen atoms in total. The molecule has 0 bridgehead atoms. The van der Waals surface area contributed by atoms with Gasteiger partial charge in [0.05, 0.1) is 0 Å². The molecule has 0 amide bonds. The smallest absolute Gasteiger partial charge is 0.288 e. The van der Waals surface area contributed by atoms with Crippen LogP contribution in [-0.4, -0.2) is 19.7 Å². The van der Waals surface area contributed by atoms with Crippen molar-refractivity contribution in [3.63, 3.8) is 0 Å². The van der Waals surface area contributed by atoms with E-state index in [0.717, 1.165) is 0 Å². The van der Waals surface area contributed by atoms with Gasteiger partial charge in [-0.25, -0.2) is 4.98 Å². The van der Waals surface area contributed by atoms with Crippen molar-refractivity contribution in [2.45, 2.75) is 13.5 Å². The lowest BCUT2D eigenvalue weighted by atomic mass is 10.5. The lowest BCUT2D eigenvalue weighted by molar-refractivity contribution is 0.366. The molecule has 0 spiro atoms. The van der Waals surface area contributed by atoms with Gasteiger partial charge in [-0.2, -0.15) is 4.98 Å². The first-order valence-corrected chi connectivity index (χ1v) is 4.55. The molecule has 0 saturated heterocycles. The van der Waals surface area contributed by atoms with E-state index in [1.807, 2.05) is 0 Å². The zero-order valence-corrected chi connectivity index (χ0v) is 8.60. The van der Waals surface area contributed by atoms with Crippen molar-refractivity contribution in [3.8, 4) is 0 Å². The summed E-state index contributed by atoms with van der Waals surface area (Å²) >= 11 is 5.57. The summed E-state index contributed by atoms with van der Waals surface area (Å²) in [4.78, 5) is 19.1. The Bertz CT molecular complexity index is 533. The molecule has 0 aliphatic heterocycles. The third kappa shape index (κ3) is 2.04. The van der Waals surface area contributed by atoms with Crippen LogP contribution in [0.5, 0.6) is 0 Å². The maximum Gasteiger partial charge on any atom is 0.288 e. The highest BCUT2D eigenvalue weighted by Gasteiger charge is 2.06. The highest BCUT2D eigenvalue weighted by atomic mass is 35.5. The summed E-state index contributed by atoms with van der Waals surface area (Å²) in [7, 11) is 0. The third-order valence-electron chi connectivity index (χ3n) is 1.75. The molecule has 0 fully saturated rings. The summed E-state index contributed by atoms with van der Waals surface area (Å²) in [5.74, 6) is 0.884. The number of nitrogens with zero attached hydrogens (tertiary/aromatic N) is 4. The van der Waals surface area contributed by atoms with Crippen LogP contribution in [-0.2, 0) is 6.54 Å². The van der Waals surface area contributed by atoms with Gasteiger partial charge in [-0.1, -0.05) is 16.8 Å². The average Bonchev–Trinajstić information content (AvgIpc) is 2.59. The molecule has 0 N–H and O–H groups in total. The molecule has 7 heteroatoms. The highest BCUT2D eigenvalue weighted by Crippen LogP contribution is 1.99. The largest absolute Gasteiger partial charge is 0.337 e. The molecule has 2 aromatic rings. The molecule has 0 aliphatic carbocycles. The average molecular weight is 227 g/mol. The van der Waals surface area contributed by atoms with E-state index in [4.69, 9.17) is 16.1 Å². The minimum atomic E-state index is -0.380. The molecule has 0 radical (unpaired) electrons. The number of aryl methyl sites for hydroxylation is 1. The van der Waals surface area contributed by atoms with Gasteiger partial charge in [-0.15, -0.1) is 0 Å². The monoisotopic (exact) mass is 226 g/mol. The Hall–Kier alpha value is -1.69. The summed E-state index contributed by atoms with van der Waals surface area (Å²) < 4.78 is 6.23. The summed E-state index contributed by atoms with van der Waals surface area (Å²) in [6, 6.07) is 0. The van der Waals surface area contributed by atoms with Crippen LogP contribution in [0, 0.1) is 6.92 Å². The number of rotatable bonds is 2. The molecule has 0 aromatic carbocycles. The van der Waals surface area contributed by atoms with Gasteiger partial charge in [0.2, 0.25) is 5.89 Å². The summed E-state index contributed by atoms with van der Waals surface area (Å²) in [5, 5.41) is 3.54. The van der Waals surface area contributed by atoms with Crippen LogP contribution in [0.4, 0.5) is 0 Å². The van der Waals surface area contributed by atoms with Crippen LogP contribution in [0.1, 0.15) is 11.7 Å². The lowest BCUT2D eigenvalue weighted by Crippen LogP contribution is -2.21. The summed E-state index contributed by atoms with van der Waals surface area (Å²) in [6.07, 6.45) is 2.95. The van der Waals surface area contributed by atoms with E-state index >= 15 is 0 Å². The van der Waals surface area contributed by atoms with Gasteiger partial charge >= 0.3 is 0 Å². The van der Waals surface area contributed by atoms with Gasteiger partial charge in [-0.05, 0) is 6.92 Å². The lowest BCUT2D eigenvalue weighted by Gasteiger charge is -2.00. The molecule has 2 rings (SSSR count). The van der Waals surface area contributed by atoms with Gasteiger partial charge in [0, 0.05) is 12.4 Å². The fourth-order valence-corrected chi connectivity index (χ4v) is 1.26. The van der Waals surface area contributed by atoms with Crippen molar-refractivity contribution in [2.24, 2.45) is 0 Å². The first-order valence-electron chi connectivity index (χ1n) is 4.17. The third-order valence-corrected chi connectivity index (χ3v) is 2.01. The van der Waals surface area contributed by atoms with Crippen LogP contribution in [0.25, 0.3) is 0 Å². The van der Waals surface area contributed by atoms with E-state index in [0.29, 0.717) is 11.7 Å². The molecule has 0 unspecified atom stereocenters. The second-order valence-electron chi connectivity index (χ2n) is 2.89. The van der Waals surface area contributed by atoms with Crippen molar-refractivity contribution in [1.82, 2.24) is 19.7 Å². The van der Waals surface area contributed by atoms with Crippen LogP contribution in [0.3, 0.4) is 0 Å². The standard InChI is InChI=1S/C8H7ClN4O2/c1-5-11-6(15-12-5)4-13-3-2-10-7(9)8(13)14/h2-3H,4H2,1H3. The minimum Gasteiger partial charge on any atom is -0.337 e. The first kappa shape index (κ1) is 9.85. The van der Waals surface area contributed by atoms with Crippen molar-refractivity contribution in [1.29, 1.82) is 0 Å². The van der Waals surface area contributed by atoms with E-state index in [9.17, 15) is 4.79 Å². The molecule has 78 valence electrons. The topological polar surface area (TPSA) is 73.8 Å². The fraction of sp³-hybridized carbons (Fsp3) is 0.250. The van der Waals surface area contributed by atoms with Gasteiger partial charge in [-0.3, -0.25) is 4.79 Å². The molecular weight excluding hydrogens is 220 g/mol. The van der Waals surface area contributed by atoms with Gasteiger partial charge in [0.15, 0.2) is 11.0 Å². The van der Waals surface area contributed by atoms with E-state index in [1.165, 1.54) is 17.0 Å². The molecular formula is C8H7ClN4O2. The van der Waals surface area contributed by atoms with Crippen molar-refractivity contribution in [2.75, 3.05) is 0 Å². The first-order chi connectivity index (χ1) is 7.16. The van der Waals surface area contributed by atoms with E-state index in [1.54, 1.807) is 6.92 Å². The second kappa shape index (κ2) is 3.82. The van der Waals surface area contributed by atoms with Crippen molar-refractivity contribution < 1.29 is 4.52 Å². The van der Waals surface area contributed by atoms with E-state index in [-0.39, 0.29) is 17.3 Å². The molecule has 0 aliphatic rings. The Morgan fingerprint density at radius 1 is 1.60 bits per heavy atom. The van der Waals surface area contributed by atoms with Crippen LogP contribution in [0.2, 0.25) is 5.15 Å². The Morgan fingerprint density at radius 3 is 3.07 bits per heavy atom. The molecule has 0 saturated carbocycles. The SMILES string of the molecule is Cc1noc(Cn2ccnc(Cl)c2=O)n1.